The number of hydrogen-bond acceptors (Lipinski definition) is 2. The fourth-order valence-electron chi connectivity index (χ4n) is 19.9. The summed E-state index contributed by atoms with van der Waals surface area (Å²) in [5.74, 6) is 0. The van der Waals surface area contributed by atoms with Gasteiger partial charge in [0.25, 0.3) is 0 Å². The van der Waals surface area contributed by atoms with Crippen molar-refractivity contribution in [1.82, 2.24) is 9.13 Å². The molecule has 2 aromatic heterocycles. The zero-order valence-corrected chi connectivity index (χ0v) is 72.4. The molecule has 4 heteroatoms. The van der Waals surface area contributed by atoms with Gasteiger partial charge in [-0.05, 0) is 267 Å². The monoisotopic (exact) mass is 1680 g/mol. The molecule has 0 bridgehead atoms. The van der Waals surface area contributed by atoms with Gasteiger partial charge in [0.15, 0.2) is 0 Å². The maximum atomic E-state index is 2.48. The molecule has 0 aliphatic heterocycles. The quantitative estimate of drug-likeness (QED) is 0.0802. The first-order valence-electron chi connectivity index (χ1n) is 45.4. The van der Waals surface area contributed by atoms with Crippen LogP contribution in [0.5, 0.6) is 0 Å². The van der Waals surface area contributed by atoms with Crippen molar-refractivity contribution in [3.63, 3.8) is 0 Å². The second-order valence-corrected chi connectivity index (χ2v) is 34.3. The molecule has 0 unspecified atom stereocenters. The fraction of sp³-hybridized carbons (Fsp3) is 0. The molecule has 0 aliphatic rings. The molecular formula is C128H86N4. The van der Waals surface area contributed by atoms with Gasteiger partial charge in [0.1, 0.15) is 0 Å². The molecule has 618 valence electrons. The zero-order chi connectivity index (χ0) is 87.4. The summed E-state index contributed by atoms with van der Waals surface area (Å²) >= 11 is 0. The zero-order valence-electron chi connectivity index (χ0n) is 72.4. The maximum Gasteiger partial charge on any atom is 0.0547 e. The molecule has 24 rings (SSSR count). The first-order valence-corrected chi connectivity index (χ1v) is 45.4. The van der Waals surface area contributed by atoms with Crippen LogP contribution >= 0.6 is 0 Å². The Bertz CT molecular complexity index is 8410. The molecular weight excluding hydrogens is 1590 g/mol. The van der Waals surface area contributed by atoms with E-state index in [1.54, 1.807) is 0 Å². The van der Waals surface area contributed by atoms with Gasteiger partial charge < -0.3 is 18.9 Å². The summed E-state index contributed by atoms with van der Waals surface area (Å²) in [6.45, 7) is 0. The van der Waals surface area contributed by atoms with Gasteiger partial charge in [-0.25, -0.2) is 0 Å². The van der Waals surface area contributed by atoms with Gasteiger partial charge in [0.2, 0.25) is 0 Å². The normalized spacial score (nSPS) is 11.5. The Balaban J connectivity index is 0.524. The highest BCUT2D eigenvalue weighted by molar-refractivity contribution is 6.12. The van der Waals surface area contributed by atoms with E-state index in [9.17, 15) is 0 Å². The maximum absolute atomic E-state index is 2.48. The number of aromatic nitrogens is 2. The van der Waals surface area contributed by atoms with E-state index < -0.39 is 0 Å². The minimum absolute atomic E-state index is 1.06. The van der Waals surface area contributed by atoms with Crippen LogP contribution in [-0.2, 0) is 0 Å². The van der Waals surface area contributed by atoms with Crippen molar-refractivity contribution in [2.45, 2.75) is 0 Å². The Morgan fingerprint density at radius 1 is 0.129 bits per heavy atom. The predicted molar refractivity (Wildman–Crippen MR) is 559 cm³/mol. The van der Waals surface area contributed by atoms with Crippen LogP contribution in [0.3, 0.4) is 0 Å². The molecule has 4 nitrogen and oxygen atoms in total. The summed E-state index contributed by atoms with van der Waals surface area (Å²) in [6, 6.07) is 192. The molecule has 22 aromatic carbocycles. The Morgan fingerprint density at radius 3 is 0.826 bits per heavy atom. The Labute approximate surface area is 768 Å². The number of hydrogen-bond donors (Lipinski definition) is 0. The van der Waals surface area contributed by atoms with Crippen LogP contribution in [0.1, 0.15) is 0 Å². The molecule has 132 heavy (non-hydrogen) atoms. The Morgan fingerprint density at radius 2 is 0.379 bits per heavy atom. The van der Waals surface area contributed by atoms with E-state index in [4.69, 9.17) is 0 Å². The van der Waals surface area contributed by atoms with E-state index in [2.05, 4.69) is 541 Å². The summed E-state index contributed by atoms with van der Waals surface area (Å²) in [5.41, 5.74) is 38.9. The van der Waals surface area contributed by atoms with Gasteiger partial charge in [-0.3, -0.25) is 0 Å². The smallest absolute Gasteiger partial charge is 0.0547 e. The van der Waals surface area contributed by atoms with E-state index in [0.29, 0.717) is 0 Å². The lowest BCUT2D eigenvalue weighted by Gasteiger charge is -2.28. The average Bonchev–Trinajstić information content (AvgIpc) is 1.58. The lowest BCUT2D eigenvalue weighted by molar-refractivity contribution is 1.18. The van der Waals surface area contributed by atoms with Crippen molar-refractivity contribution in [1.29, 1.82) is 0 Å². The lowest BCUT2D eigenvalue weighted by Crippen LogP contribution is -2.11. The highest BCUT2D eigenvalue weighted by Gasteiger charge is 2.24. The number of benzene rings is 22. The summed E-state index contributed by atoms with van der Waals surface area (Å²) < 4.78 is 4.90. The van der Waals surface area contributed by atoms with Crippen LogP contribution in [-0.4, -0.2) is 9.13 Å². The van der Waals surface area contributed by atoms with E-state index in [0.717, 1.165) is 129 Å². The summed E-state index contributed by atoms with van der Waals surface area (Å²) in [4.78, 5) is 4.80. The van der Waals surface area contributed by atoms with Crippen molar-refractivity contribution in [2.24, 2.45) is 0 Å². The van der Waals surface area contributed by atoms with Gasteiger partial charge in [-0.2, -0.15) is 0 Å². The van der Waals surface area contributed by atoms with Crippen molar-refractivity contribution < 1.29 is 0 Å². The van der Waals surface area contributed by atoms with Gasteiger partial charge in [0.05, 0.1) is 39.1 Å². The fourth-order valence-corrected chi connectivity index (χ4v) is 19.9. The minimum Gasteiger partial charge on any atom is -0.311 e. The van der Waals surface area contributed by atoms with E-state index in [1.807, 2.05) is 0 Å². The van der Waals surface area contributed by atoms with Crippen LogP contribution in [0.15, 0.2) is 522 Å². The Hall–Kier alpha value is -17.4. The number of nitrogens with zero attached hydrogens (tertiary/aromatic N) is 4. The van der Waals surface area contributed by atoms with Crippen molar-refractivity contribution in [3.8, 4) is 134 Å². The van der Waals surface area contributed by atoms with Crippen LogP contribution in [0.4, 0.5) is 34.1 Å². The van der Waals surface area contributed by atoms with Crippen molar-refractivity contribution >= 4 is 99.3 Å². The van der Waals surface area contributed by atoms with Crippen molar-refractivity contribution in [2.75, 3.05) is 9.80 Å². The molecule has 0 spiro atoms. The van der Waals surface area contributed by atoms with Crippen LogP contribution in [0, 0.1) is 0 Å². The van der Waals surface area contributed by atoms with E-state index in [1.165, 1.54) is 104 Å². The number of para-hydroxylation sites is 6. The lowest BCUT2D eigenvalue weighted by atomic mass is 9.95. The standard InChI is InChI=1S/C128H86N4/c1-3-24-87(25-4-1)90-48-51-94(52-49-90)115-36-9-15-42-122(115)130(114-77-66-96(67-78-114)116-37-10-16-43-123(116)131-125-45-18-12-39-118(125)119-40-13-19-46-126(119)131)113-73-62-93(63-74-113)101-33-23-35-103(82-101)105-54-55-107-85-108(57-56-106(107)84-105)109-68-79-121-120-41-14-20-47-127(120)132(128(121)86-109)124-44-17-11-38-117(124)95-64-75-112(76-65-95)129(110-69-58-91(59-70-110)99-31-21-30-98(80-99)88-26-5-2-6-27-88)111-71-60-92(61-72-111)100-32-22-34-102(81-100)104-53-50-89-28-7-8-29-97(89)83-104/h1-86H. The van der Waals surface area contributed by atoms with Gasteiger partial charge in [-0.1, -0.05) is 382 Å². The second-order valence-electron chi connectivity index (χ2n) is 34.3. The molecule has 0 amide bonds. The van der Waals surface area contributed by atoms with E-state index >= 15 is 0 Å². The number of anilines is 6. The molecule has 0 radical (unpaired) electrons. The number of rotatable bonds is 19. The minimum atomic E-state index is 1.06. The molecule has 0 saturated heterocycles. The third-order valence-corrected chi connectivity index (χ3v) is 26.5. The Kier molecular flexibility index (Phi) is 19.9. The average molecular weight is 1680 g/mol. The molecule has 0 aliphatic carbocycles. The highest BCUT2D eigenvalue weighted by atomic mass is 15.1. The van der Waals surface area contributed by atoms with Gasteiger partial charge in [-0.15, -0.1) is 0 Å². The molecule has 0 atom stereocenters. The first kappa shape index (κ1) is 78.1. The largest absolute Gasteiger partial charge is 0.311 e. The summed E-state index contributed by atoms with van der Waals surface area (Å²) in [7, 11) is 0. The van der Waals surface area contributed by atoms with E-state index in [-0.39, 0.29) is 0 Å². The first-order chi connectivity index (χ1) is 65.4. The highest BCUT2D eigenvalue weighted by Crippen LogP contribution is 2.48. The van der Waals surface area contributed by atoms with Crippen LogP contribution in [0.2, 0.25) is 0 Å². The van der Waals surface area contributed by atoms with Crippen LogP contribution < -0.4 is 9.80 Å². The molecule has 2 heterocycles. The van der Waals surface area contributed by atoms with Crippen LogP contribution in [0.25, 0.3) is 199 Å². The SMILES string of the molecule is c1ccc(-c2ccc(-c3ccccc3N(c3ccc(-c4cccc(-c5ccc6cc(-c7ccc8c9ccccc9n(-c9ccccc9-c9ccc(N(c%10ccc(-c%11cccc(-c%12ccccc%12)c%11)cc%10)c%10ccc(-c%11cccc(-c%12ccc%13ccccc%13c%12)c%11)cc%10)cc9)c8c7)ccc6c5)c4)cc3)c3ccc(-c4ccccc4-n4c5ccccc5c5ccccc54)cc3)cc2)cc1. The summed E-state index contributed by atoms with van der Waals surface area (Å²) in [5, 5.41) is 9.75. The second kappa shape index (κ2) is 33.7. The number of fused-ring (bicyclic) bond motifs is 8. The summed E-state index contributed by atoms with van der Waals surface area (Å²) in [6.07, 6.45) is 0. The predicted octanol–water partition coefficient (Wildman–Crippen LogP) is 35.5. The molecule has 0 fully saturated rings. The topological polar surface area (TPSA) is 16.3 Å². The molecule has 0 saturated carbocycles. The molecule has 24 aromatic rings. The third-order valence-electron chi connectivity index (χ3n) is 26.5. The van der Waals surface area contributed by atoms with Crippen molar-refractivity contribution in [3.05, 3.63) is 522 Å². The van der Waals surface area contributed by atoms with Gasteiger partial charge in [0, 0.05) is 66.7 Å². The third kappa shape index (κ3) is 14.6. The van der Waals surface area contributed by atoms with Gasteiger partial charge >= 0.3 is 0 Å². The molecule has 0 N–H and O–H groups in total.